The van der Waals surface area contributed by atoms with E-state index in [4.69, 9.17) is 16.3 Å². The molecule has 2 rings (SSSR count). The molecule has 0 saturated carbocycles. The molecular weight excluding hydrogens is 364 g/mol. The number of ether oxygens (including phenoxy) is 1. The van der Waals surface area contributed by atoms with Crippen LogP contribution < -0.4 is 5.32 Å². The van der Waals surface area contributed by atoms with Gasteiger partial charge in [0.25, 0.3) is 5.91 Å². The van der Waals surface area contributed by atoms with Gasteiger partial charge < -0.3 is 10.1 Å². The van der Waals surface area contributed by atoms with Crippen molar-refractivity contribution in [3.8, 4) is 0 Å². The first kappa shape index (κ1) is 20.9. The Morgan fingerprint density at radius 3 is 2.26 bits per heavy atom. The van der Waals surface area contributed by atoms with Gasteiger partial charge in [-0.15, -0.1) is 0 Å². The van der Waals surface area contributed by atoms with E-state index in [1.165, 1.54) is 17.8 Å². The van der Waals surface area contributed by atoms with E-state index >= 15 is 0 Å². The SMILES string of the molecule is CC(C)c1ccc([C@@H](NC(=O)COC(=O)c2cccnc2Cl)C(C)C)cc1. The molecule has 1 amide bonds. The second-order valence-corrected chi connectivity index (χ2v) is 7.39. The predicted molar refractivity (Wildman–Crippen MR) is 106 cm³/mol. The highest BCUT2D eigenvalue weighted by Gasteiger charge is 2.20. The maximum absolute atomic E-state index is 12.3. The molecule has 0 spiro atoms. The number of amides is 1. The number of carbonyl (C=O) groups excluding carboxylic acids is 2. The normalized spacial score (nSPS) is 12.1. The van der Waals surface area contributed by atoms with Crippen LogP contribution >= 0.6 is 11.6 Å². The Labute approximate surface area is 165 Å². The molecule has 1 aromatic carbocycles. The third-order valence-corrected chi connectivity index (χ3v) is 4.56. The fourth-order valence-electron chi connectivity index (χ4n) is 2.69. The summed E-state index contributed by atoms with van der Waals surface area (Å²) in [4.78, 5) is 28.1. The number of rotatable bonds is 7. The molecule has 1 N–H and O–H groups in total. The molecule has 1 atom stereocenters. The molecule has 6 heteroatoms. The Bertz CT molecular complexity index is 788. The number of halogens is 1. The minimum Gasteiger partial charge on any atom is -0.452 e. The minimum atomic E-state index is -0.675. The number of esters is 1. The van der Waals surface area contributed by atoms with Crippen LogP contribution in [0, 0.1) is 5.92 Å². The summed E-state index contributed by atoms with van der Waals surface area (Å²) in [5.74, 6) is -0.409. The topological polar surface area (TPSA) is 68.3 Å². The van der Waals surface area contributed by atoms with Gasteiger partial charge >= 0.3 is 5.97 Å². The van der Waals surface area contributed by atoms with Crippen LogP contribution in [0.3, 0.4) is 0 Å². The summed E-state index contributed by atoms with van der Waals surface area (Å²) in [6, 6.07) is 11.1. The smallest absolute Gasteiger partial charge is 0.341 e. The van der Waals surface area contributed by atoms with E-state index in [2.05, 4.69) is 36.3 Å². The highest BCUT2D eigenvalue weighted by Crippen LogP contribution is 2.24. The third kappa shape index (κ3) is 5.79. The third-order valence-electron chi connectivity index (χ3n) is 4.26. The minimum absolute atomic E-state index is 0.0493. The van der Waals surface area contributed by atoms with Gasteiger partial charge in [0.05, 0.1) is 11.6 Å². The Morgan fingerprint density at radius 1 is 1.07 bits per heavy atom. The lowest BCUT2D eigenvalue weighted by Gasteiger charge is -2.23. The van der Waals surface area contributed by atoms with Crippen molar-refractivity contribution in [2.24, 2.45) is 5.92 Å². The van der Waals surface area contributed by atoms with Gasteiger partial charge in [-0.3, -0.25) is 4.79 Å². The lowest BCUT2D eigenvalue weighted by atomic mass is 9.93. The number of nitrogens with one attached hydrogen (secondary N) is 1. The van der Waals surface area contributed by atoms with Crippen molar-refractivity contribution in [1.29, 1.82) is 0 Å². The average molecular weight is 389 g/mol. The van der Waals surface area contributed by atoms with Gasteiger partial charge in [0.15, 0.2) is 6.61 Å². The first-order chi connectivity index (χ1) is 12.8. The van der Waals surface area contributed by atoms with Crippen molar-refractivity contribution in [1.82, 2.24) is 10.3 Å². The maximum atomic E-state index is 12.3. The first-order valence-corrected chi connectivity index (χ1v) is 9.34. The van der Waals surface area contributed by atoms with Crippen LogP contribution in [0.1, 0.15) is 61.1 Å². The molecule has 0 aliphatic carbocycles. The highest BCUT2D eigenvalue weighted by molar-refractivity contribution is 6.32. The van der Waals surface area contributed by atoms with E-state index in [1.54, 1.807) is 6.07 Å². The first-order valence-electron chi connectivity index (χ1n) is 8.96. The van der Waals surface area contributed by atoms with Crippen molar-refractivity contribution in [3.05, 3.63) is 64.4 Å². The molecule has 2 aromatic rings. The number of aromatic nitrogens is 1. The predicted octanol–water partition coefficient (Wildman–Crippen LogP) is 4.53. The van der Waals surface area contributed by atoms with Gasteiger partial charge in [0, 0.05) is 6.20 Å². The van der Waals surface area contributed by atoms with Crippen LogP contribution in [0.15, 0.2) is 42.6 Å². The number of nitrogens with zero attached hydrogens (tertiary/aromatic N) is 1. The number of hydrogen-bond donors (Lipinski definition) is 1. The molecule has 144 valence electrons. The summed E-state index contributed by atoms with van der Waals surface area (Å²) < 4.78 is 5.06. The van der Waals surface area contributed by atoms with E-state index in [9.17, 15) is 9.59 Å². The van der Waals surface area contributed by atoms with Gasteiger partial charge in [-0.25, -0.2) is 9.78 Å². The van der Waals surface area contributed by atoms with Gasteiger partial charge in [0.2, 0.25) is 0 Å². The summed E-state index contributed by atoms with van der Waals surface area (Å²) >= 11 is 5.86. The Kier molecular flexibility index (Phi) is 7.36. The van der Waals surface area contributed by atoms with Crippen LogP contribution in [0.25, 0.3) is 0 Å². The van der Waals surface area contributed by atoms with Gasteiger partial charge in [-0.1, -0.05) is 63.6 Å². The van der Waals surface area contributed by atoms with Crippen LogP contribution in [0.4, 0.5) is 0 Å². The van der Waals surface area contributed by atoms with Crippen LogP contribution in [0.5, 0.6) is 0 Å². The maximum Gasteiger partial charge on any atom is 0.341 e. The van der Waals surface area contributed by atoms with Crippen molar-refractivity contribution in [2.75, 3.05) is 6.61 Å². The molecule has 0 unspecified atom stereocenters. The quantitative estimate of drug-likeness (QED) is 0.559. The number of carbonyl (C=O) groups is 2. The van der Waals surface area contributed by atoms with Crippen LogP contribution in [-0.4, -0.2) is 23.5 Å². The van der Waals surface area contributed by atoms with Crippen LogP contribution in [-0.2, 0) is 9.53 Å². The molecule has 27 heavy (non-hydrogen) atoms. The molecule has 5 nitrogen and oxygen atoms in total. The van der Waals surface area contributed by atoms with Gasteiger partial charge in [-0.2, -0.15) is 0 Å². The molecule has 0 radical (unpaired) electrons. The van der Waals surface area contributed by atoms with Crippen LogP contribution in [0.2, 0.25) is 5.15 Å². The number of benzene rings is 1. The molecule has 1 heterocycles. The number of pyridine rings is 1. The van der Waals surface area contributed by atoms with E-state index in [1.807, 2.05) is 26.0 Å². The summed E-state index contributed by atoms with van der Waals surface area (Å²) in [6.07, 6.45) is 1.48. The monoisotopic (exact) mass is 388 g/mol. The lowest BCUT2D eigenvalue weighted by molar-refractivity contribution is -0.125. The largest absolute Gasteiger partial charge is 0.452 e. The second-order valence-electron chi connectivity index (χ2n) is 7.03. The average Bonchev–Trinajstić information content (AvgIpc) is 2.64. The molecule has 0 saturated heterocycles. The van der Waals surface area contributed by atoms with Crippen molar-refractivity contribution < 1.29 is 14.3 Å². The van der Waals surface area contributed by atoms with Crippen molar-refractivity contribution in [3.63, 3.8) is 0 Å². The molecule has 0 fully saturated rings. The Morgan fingerprint density at radius 2 is 1.70 bits per heavy atom. The zero-order chi connectivity index (χ0) is 20.0. The molecule has 0 aliphatic rings. The van der Waals surface area contributed by atoms with Crippen molar-refractivity contribution >= 4 is 23.5 Å². The molecule has 0 aliphatic heterocycles. The summed E-state index contributed by atoms with van der Waals surface area (Å²) in [6.45, 7) is 7.96. The van der Waals surface area contributed by atoms with E-state index < -0.39 is 5.97 Å². The second kappa shape index (κ2) is 9.51. The van der Waals surface area contributed by atoms with Gasteiger partial charge in [-0.05, 0) is 35.1 Å². The summed E-state index contributed by atoms with van der Waals surface area (Å²) in [5, 5.41) is 2.99. The standard InChI is InChI=1S/C21H25ClN2O3/c1-13(2)15-7-9-16(10-8-15)19(14(3)4)24-18(25)12-27-21(26)17-6-5-11-23-20(17)22/h5-11,13-14,19H,12H2,1-4H3,(H,24,25)/t19-/m0/s1. The summed E-state index contributed by atoms with van der Waals surface area (Å²) in [7, 11) is 0. The lowest BCUT2D eigenvalue weighted by Crippen LogP contribution is -2.35. The van der Waals surface area contributed by atoms with Gasteiger partial charge in [0.1, 0.15) is 5.15 Å². The fraction of sp³-hybridized carbons (Fsp3) is 0.381. The Hall–Kier alpha value is -2.40. The van der Waals surface area contributed by atoms with E-state index in [0.717, 1.165) is 5.56 Å². The molecular formula is C21H25ClN2O3. The van der Waals surface area contributed by atoms with E-state index in [-0.39, 0.29) is 35.2 Å². The van der Waals surface area contributed by atoms with E-state index in [0.29, 0.717) is 5.92 Å². The zero-order valence-corrected chi connectivity index (χ0v) is 16.8. The molecule has 1 aromatic heterocycles. The highest BCUT2D eigenvalue weighted by atomic mass is 35.5. The molecule has 0 bridgehead atoms. The summed E-state index contributed by atoms with van der Waals surface area (Å²) in [5.41, 5.74) is 2.40. The number of hydrogen-bond acceptors (Lipinski definition) is 4. The fourth-order valence-corrected chi connectivity index (χ4v) is 2.88. The van der Waals surface area contributed by atoms with Crippen molar-refractivity contribution in [2.45, 2.75) is 39.7 Å². The zero-order valence-electron chi connectivity index (χ0n) is 16.0. The Balaban J connectivity index is 1.98.